The number of methoxy groups -OCH3 is 1. The van der Waals surface area contributed by atoms with Gasteiger partial charge in [0.15, 0.2) is 0 Å². The fourth-order valence-corrected chi connectivity index (χ4v) is 2.90. The molecule has 0 spiro atoms. The monoisotopic (exact) mass is 326 g/mol. The van der Waals surface area contributed by atoms with Crippen molar-refractivity contribution in [2.75, 3.05) is 7.11 Å². The quantitative estimate of drug-likeness (QED) is 0.779. The highest BCUT2D eigenvalue weighted by Gasteiger charge is 2.27. The summed E-state index contributed by atoms with van der Waals surface area (Å²) in [5.74, 6) is 0.881. The molecule has 1 aliphatic carbocycles. The normalized spacial score (nSPS) is 19.4. The Balaban J connectivity index is 1.89. The fourth-order valence-electron chi connectivity index (χ4n) is 2.54. The predicted octanol–water partition coefficient (Wildman–Crippen LogP) is 4.94. The van der Waals surface area contributed by atoms with Crippen molar-refractivity contribution < 1.29 is 9.47 Å². The van der Waals surface area contributed by atoms with Crippen molar-refractivity contribution in [3.8, 4) is 5.75 Å². The Morgan fingerprint density at radius 3 is 2.58 bits per heavy atom. The summed E-state index contributed by atoms with van der Waals surface area (Å²) in [5, 5.41) is 0. The highest BCUT2D eigenvalue weighted by Crippen LogP contribution is 2.36. The van der Waals surface area contributed by atoms with E-state index in [1.165, 1.54) is 25.7 Å². The van der Waals surface area contributed by atoms with Crippen LogP contribution in [0.1, 0.15) is 45.1 Å². The van der Waals surface area contributed by atoms with Gasteiger partial charge in [0.25, 0.3) is 0 Å². The molecule has 0 atom stereocenters. The van der Waals surface area contributed by atoms with Crippen LogP contribution in [0.3, 0.4) is 0 Å². The molecule has 1 aromatic carbocycles. The third-order valence-corrected chi connectivity index (χ3v) is 4.79. The summed E-state index contributed by atoms with van der Waals surface area (Å²) < 4.78 is 12.4. The van der Waals surface area contributed by atoms with Crippen LogP contribution in [0.2, 0.25) is 0 Å². The first-order valence-corrected chi connectivity index (χ1v) is 7.73. The predicted molar refractivity (Wildman–Crippen MR) is 81.5 cm³/mol. The molecule has 0 unspecified atom stereocenters. The molecule has 1 fully saturated rings. The SMILES string of the molecule is COc1ccc(Br)c(COC2CCC(C)(C)CC2)c1. The maximum absolute atomic E-state index is 6.06. The highest BCUT2D eigenvalue weighted by molar-refractivity contribution is 9.10. The molecule has 0 N–H and O–H groups in total. The molecule has 0 amide bonds. The lowest BCUT2D eigenvalue weighted by Crippen LogP contribution is -2.26. The summed E-state index contributed by atoms with van der Waals surface area (Å²) in [7, 11) is 1.69. The molecule has 1 saturated carbocycles. The molecule has 0 aliphatic heterocycles. The van der Waals surface area contributed by atoms with Crippen molar-refractivity contribution in [1.29, 1.82) is 0 Å². The molecule has 2 rings (SSSR count). The number of hydrogen-bond acceptors (Lipinski definition) is 2. The minimum Gasteiger partial charge on any atom is -0.497 e. The molecular weight excluding hydrogens is 304 g/mol. The van der Waals surface area contributed by atoms with Crippen LogP contribution in [-0.4, -0.2) is 13.2 Å². The van der Waals surface area contributed by atoms with E-state index in [0.29, 0.717) is 18.1 Å². The van der Waals surface area contributed by atoms with Crippen LogP contribution in [0.15, 0.2) is 22.7 Å². The summed E-state index contributed by atoms with van der Waals surface area (Å²) in [6, 6.07) is 6.01. The van der Waals surface area contributed by atoms with E-state index in [4.69, 9.17) is 9.47 Å². The number of halogens is 1. The van der Waals surface area contributed by atoms with Gasteiger partial charge in [-0.3, -0.25) is 0 Å². The van der Waals surface area contributed by atoms with E-state index in [1.54, 1.807) is 7.11 Å². The summed E-state index contributed by atoms with van der Waals surface area (Å²) in [5.41, 5.74) is 1.65. The largest absolute Gasteiger partial charge is 0.497 e. The van der Waals surface area contributed by atoms with E-state index in [1.807, 2.05) is 18.2 Å². The van der Waals surface area contributed by atoms with Gasteiger partial charge in [0.2, 0.25) is 0 Å². The van der Waals surface area contributed by atoms with E-state index in [0.717, 1.165) is 15.8 Å². The maximum Gasteiger partial charge on any atom is 0.119 e. The standard InChI is InChI=1S/C16H23BrO2/c1-16(2)8-6-13(7-9-16)19-11-12-10-14(18-3)4-5-15(12)17/h4-5,10,13H,6-9,11H2,1-3H3. The molecule has 2 nitrogen and oxygen atoms in total. The van der Waals surface area contributed by atoms with Crippen molar-refractivity contribution in [2.24, 2.45) is 5.41 Å². The summed E-state index contributed by atoms with van der Waals surface area (Å²) in [4.78, 5) is 0. The minimum atomic E-state index is 0.408. The molecular formula is C16H23BrO2. The van der Waals surface area contributed by atoms with Gasteiger partial charge in [-0.2, -0.15) is 0 Å². The molecule has 0 saturated heterocycles. The number of benzene rings is 1. The van der Waals surface area contributed by atoms with Crippen molar-refractivity contribution in [2.45, 2.75) is 52.2 Å². The van der Waals surface area contributed by atoms with E-state index >= 15 is 0 Å². The van der Waals surface area contributed by atoms with Crippen LogP contribution in [-0.2, 0) is 11.3 Å². The molecule has 0 aromatic heterocycles. The van der Waals surface area contributed by atoms with E-state index in [-0.39, 0.29) is 0 Å². The van der Waals surface area contributed by atoms with Crippen molar-refractivity contribution in [3.63, 3.8) is 0 Å². The molecule has 19 heavy (non-hydrogen) atoms. The lowest BCUT2D eigenvalue weighted by atomic mass is 9.76. The second-order valence-electron chi connectivity index (χ2n) is 6.13. The van der Waals surface area contributed by atoms with E-state index in [2.05, 4.69) is 29.8 Å². The van der Waals surface area contributed by atoms with Gasteiger partial charge in [-0.1, -0.05) is 29.8 Å². The van der Waals surface area contributed by atoms with Gasteiger partial charge < -0.3 is 9.47 Å². The van der Waals surface area contributed by atoms with Crippen molar-refractivity contribution in [1.82, 2.24) is 0 Å². The molecule has 0 bridgehead atoms. The fraction of sp³-hybridized carbons (Fsp3) is 0.625. The van der Waals surface area contributed by atoms with Gasteiger partial charge in [-0.05, 0) is 54.9 Å². The smallest absolute Gasteiger partial charge is 0.119 e. The Morgan fingerprint density at radius 2 is 1.95 bits per heavy atom. The number of rotatable bonds is 4. The molecule has 1 aliphatic rings. The first-order chi connectivity index (χ1) is 9.00. The third-order valence-electron chi connectivity index (χ3n) is 4.01. The van der Waals surface area contributed by atoms with Crippen LogP contribution in [0.5, 0.6) is 5.75 Å². The average Bonchev–Trinajstić information content (AvgIpc) is 2.39. The maximum atomic E-state index is 6.06. The van der Waals surface area contributed by atoms with E-state index < -0.39 is 0 Å². The second kappa shape index (κ2) is 6.27. The lowest BCUT2D eigenvalue weighted by molar-refractivity contribution is -0.00584. The van der Waals surface area contributed by atoms with Crippen LogP contribution in [0.25, 0.3) is 0 Å². The van der Waals surface area contributed by atoms with E-state index in [9.17, 15) is 0 Å². The number of hydrogen-bond donors (Lipinski definition) is 0. The Morgan fingerprint density at radius 1 is 1.26 bits per heavy atom. The first kappa shape index (κ1) is 14.9. The Bertz CT molecular complexity index is 419. The Hall–Kier alpha value is -0.540. The second-order valence-corrected chi connectivity index (χ2v) is 6.99. The zero-order valence-electron chi connectivity index (χ0n) is 12.0. The Kier molecular flexibility index (Phi) is 4.91. The van der Waals surface area contributed by atoms with Gasteiger partial charge in [-0.15, -0.1) is 0 Å². The molecule has 0 heterocycles. The zero-order valence-corrected chi connectivity index (χ0v) is 13.6. The van der Waals surface area contributed by atoms with Gasteiger partial charge in [0, 0.05) is 4.47 Å². The van der Waals surface area contributed by atoms with Gasteiger partial charge in [-0.25, -0.2) is 0 Å². The highest BCUT2D eigenvalue weighted by atomic mass is 79.9. The van der Waals surface area contributed by atoms with Gasteiger partial charge in [0.05, 0.1) is 19.8 Å². The van der Waals surface area contributed by atoms with Crippen molar-refractivity contribution in [3.05, 3.63) is 28.2 Å². The molecule has 106 valence electrons. The third kappa shape index (κ3) is 4.22. The van der Waals surface area contributed by atoms with Crippen LogP contribution in [0, 0.1) is 5.41 Å². The first-order valence-electron chi connectivity index (χ1n) is 6.94. The van der Waals surface area contributed by atoms with Gasteiger partial charge >= 0.3 is 0 Å². The van der Waals surface area contributed by atoms with Crippen molar-refractivity contribution >= 4 is 15.9 Å². The number of ether oxygens (including phenoxy) is 2. The lowest BCUT2D eigenvalue weighted by Gasteiger charge is -2.34. The molecule has 3 heteroatoms. The Labute approximate surface area is 124 Å². The van der Waals surface area contributed by atoms with Gasteiger partial charge in [0.1, 0.15) is 5.75 Å². The van der Waals surface area contributed by atoms with Crippen LogP contribution < -0.4 is 4.74 Å². The molecule has 1 aromatic rings. The minimum absolute atomic E-state index is 0.408. The molecule has 0 radical (unpaired) electrons. The zero-order chi connectivity index (χ0) is 13.9. The average molecular weight is 327 g/mol. The topological polar surface area (TPSA) is 18.5 Å². The summed E-state index contributed by atoms with van der Waals surface area (Å²) >= 11 is 3.57. The summed E-state index contributed by atoms with van der Waals surface area (Å²) in [6.07, 6.45) is 5.28. The van der Waals surface area contributed by atoms with Crippen LogP contribution in [0.4, 0.5) is 0 Å². The van der Waals surface area contributed by atoms with Crippen LogP contribution >= 0.6 is 15.9 Å². The summed E-state index contributed by atoms with van der Waals surface area (Å²) in [6.45, 7) is 5.35.